The van der Waals surface area contributed by atoms with Gasteiger partial charge in [0.15, 0.2) is 0 Å². The minimum absolute atomic E-state index is 0.133. The summed E-state index contributed by atoms with van der Waals surface area (Å²) in [5.74, 6) is -0.237. The van der Waals surface area contributed by atoms with E-state index in [1.807, 2.05) is 19.1 Å². The Labute approximate surface area is 122 Å². The average Bonchev–Trinajstić information content (AvgIpc) is 2.42. The summed E-state index contributed by atoms with van der Waals surface area (Å²) in [4.78, 5) is 12.3. The third-order valence-electron chi connectivity index (χ3n) is 2.81. The number of nitrogens with one attached hydrogen (secondary N) is 1. The van der Waals surface area contributed by atoms with Crippen molar-refractivity contribution in [3.63, 3.8) is 0 Å². The van der Waals surface area contributed by atoms with Gasteiger partial charge in [-0.25, -0.2) is 4.39 Å². The Hall–Kier alpha value is -2.01. The van der Waals surface area contributed by atoms with Gasteiger partial charge in [0.05, 0.1) is 12.8 Å². The molecule has 0 aromatic heterocycles. The van der Waals surface area contributed by atoms with E-state index in [1.165, 1.54) is 25.3 Å². The van der Waals surface area contributed by atoms with Gasteiger partial charge in [0.2, 0.25) is 0 Å². The van der Waals surface area contributed by atoms with Crippen LogP contribution in [0.1, 0.15) is 15.9 Å². The lowest BCUT2D eigenvalue weighted by Crippen LogP contribution is -2.13. The molecule has 2 rings (SSSR count). The van der Waals surface area contributed by atoms with E-state index in [4.69, 9.17) is 4.74 Å². The van der Waals surface area contributed by atoms with Crippen molar-refractivity contribution in [1.29, 1.82) is 0 Å². The first kappa shape index (κ1) is 14.4. The van der Waals surface area contributed by atoms with Crippen LogP contribution >= 0.6 is 12.6 Å². The molecule has 0 fully saturated rings. The summed E-state index contributed by atoms with van der Waals surface area (Å²) in [6, 6.07) is 9.48. The van der Waals surface area contributed by atoms with E-state index >= 15 is 0 Å². The number of benzene rings is 2. The predicted octanol–water partition coefficient (Wildman–Crippen LogP) is 3.68. The van der Waals surface area contributed by atoms with Crippen LogP contribution in [0.15, 0.2) is 41.3 Å². The Morgan fingerprint density at radius 3 is 2.65 bits per heavy atom. The number of ether oxygens (including phenoxy) is 1. The maximum absolute atomic E-state index is 13.1. The lowest BCUT2D eigenvalue weighted by atomic mass is 10.1. The van der Waals surface area contributed by atoms with E-state index in [0.717, 1.165) is 5.56 Å². The van der Waals surface area contributed by atoms with E-state index in [1.54, 1.807) is 6.07 Å². The molecule has 0 aliphatic rings. The van der Waals surface area contributed by atoms with Gasteiger partial charge in [0.25, 0.3) is 5.91 Å². The van der Waals surface area contributed by atoms with Crippen molar-refractivity contribution < 1.29 is 13.9 Å². The zero-order chi connectivity index (χ0) is 14.7. The quantitative estimate of drug-likeness (QED) is 0.847. The van der Waals surface area contributed by atoms with Gasteiger partial charge in [-0.2, -0.15) is 0 Å². The summed E-state index contributed by atoms with van der Waals surface area (Å²) in [6.07, 6.45) is 0. The summed E-state index contributed by atoms with van der Waals surface area (Å²) in [5.41, 5.74) is 1.90. The number of hydrogen-bond acceptors (Lipinski definition) is 3. The second kappa shape index (κ2) is 5.96. The fourth-order valence-electron chi connectivity index (χ4n) is 1.77. The van der Waals surface area contributed by atoms with Crippen molar-refractivity contribution in [1.82, 2.24) is 0 Å². The molecular formula is C15H14FNO2S. The van der Waals surface area contributed by atoms with Gasteiger partial charge in [-0.1, -0.05) is 6.07 Å². The van der Waals surface area contributed by atoms with Gasteiger partial charge in [-0.3, -0.25) is 4.79 Å². The number of hydrogen-bond donors (Lipinski definition) is 2. The molecule has 104 valence electrons. The Morgan fingerprint density at radius 1 is 1.25 bits per heavy atom. The summed E-state index contributed by atoms with van der Waals surface area (Å²) in [7, 11) is 1.53. The lowest BCUT2D eigenvalue weighted by Gasteiger charge is -2.11. The first-order chi connectivity index (χ1) is 9.51. The molecule has 0 aliphatic heterocycles. The van der Waals surface area contributed by atoms with E-state index in [0.29, 0.717) is 17.0 Å². The van der Waals surface area contributed by atoms with E-state index < -0.39 is 5.82 Å². The second-order valence-electron chi connectivity index (χ2n) is 4.32. The van der Waals surface area contributed by atoms with Crippen LogP contribution in [0.3, 0.4) is 0 Å². The van der Waals surface area contributed by atoms with Crippen LogP contribution in [0.5, 0.6) is 5.75 Å². The fraction of sp³-hybridized carbons (Fsp3) is 0.133. The standard InChI is InChI=1S/C15H14FNO2S/c1-9-3-6-13(19-2)12(7-9)17-15(18)10-4-5-11(16)14(20)8-10/h3-8,20H,1-2H3,(H,17,18). The molecule has 5 heteroatoms. The average molecular weight is 291 g/mol. The third kappa shape index (κ3) is 3.11. The van der Waals surface area contributed by atoms with Crippen LogP contribution in [0.2, 0.25) is 0 Å². The molecule has 0 aliphatic carbocycles. The number of methoxy groups -OCH3 is 1. The van der Waals surface area contributed by atoms with Crippen molar-refractivity contribution in [3.8, 4) is 5.75 Å². The van der Waals surface area contributed by atoms with Crippen LogP contribution in [0.25, 0.3) is 0 Å². The van der Waals surface area contributed by atoms with E-state index in [2.05, 4.69) is 17.9 Å². The van der Waals surface area contributed by atoms with Gasteiger partial charge in [-0.05, 0) is 42.8 Å². The Balaban J connectivity index is 2.27. The molecule has 1 N–H and O–H groups in total. The van der Waals surface area contributed by atoms with Gasteiger partial charge < -0.3 is 10.1 Å². The zero-order valence-corrected chi connectivity index (χ0v) is 12.0. The van der Waals surface area contributed by atoms with Crippen LogP contribution in [-0.2, 0) is 0 Å². The molecule has 0 heterocycles. The normalized spacial score (nSPS) is 10.2. The van der Waals surface area contributed by atoms with E-state index in [-0.39, 0.29) is 10.8 Å². The summed E-state index contributed by atoms with van der Waals surface area (Å²) in [5, 5.41) is 2.74. The second-order valence-corrected chi connectivity index (χ2v) is 4.81. The summed E-state index contributed by atoms with van der Waals surface area (Å²) >= 11 is 3.96. The van der Waals surface area contributed by atoms with E-state index in [9.17, 15) is 9.18 Å². The molecular weight excluding hydrogens is 277 g/mol. The van der Waals surface area contributed by atoms with Gasteiger partial charge in [-0.15, -0.1) is 12.6 Å². The molecule has 2 aromatic rings. The molecule has 20 heavy (non-hydrogen) atoms. The van der Waals surface area contributed by atoms with Crippen molar-refractivity contribution >= 4 is 24.2 Å². The highest BCUT2D eigenvalue weighted by Gasteiger charge is 2.11. The zero-order valence-electron chi connectivity index (χ0n) is 11.1. The number of aryl methyl sites for hydroxylation is 1. The Kier molecular flexibility index (Phi) is 4.29. The number of thiol groups is 1. The molecule has 0 atom stereocenters. The topological polar surface area (TPSA) is 38.3 Å². The smallest absolute Gasteiger partial charge is 0.255 e. The highest BCUT2D eigenvalue weighted by Crippen LogP contribution is 2.26. The first-order valence-corrected chi connectivity index (χ1v) is 6.40. The lowest BCUT2D eigenvalue weighted by molar-refractivity contribution is 0.102. The Morgan fingerprint density at radius 2 is 2.00 bits per heavy atom. The van der Waals surface area contributed by atoms with Crippen molar-refractivity contribution in [2.24, 2.45) is 0 Å². The van der Waals surface area contributed by atoms with Gasteiger partial charge in [0.1, 0.15) is 11.6 Å². The van der Waals surface area contributed by atoms with Crippen LogP contribution < -0.4 is 10.1 Å². The van der Waals surface area contributed by atoms with Gasteiger partial charge >= 0.3 is 0 Å². The van der Waals surface area contributed by atoms with Crippen LogP contribution in [0.4, 0.5) is 10.1 Å². The number of anilines is 1. The molecule has 0 bridgehead atoms. The highest BCUT2D eigenvalue weighted by molar-refractivity contribution is 7.80. The maximum atomic E-state index is 13.1. The summed E-state index contributed by atoms with van der Waals surface area (Å²) in [6.45, 7) is 1.92. The van der Waals surface area contributed by atoms with Crippen molar-refractivity contribution in [3.05, 3.63) is 53.3 Å². The number of carbonyl (C=O) groups excluding carboxylic acids is 1. The minimum atomic E-state index is -0.460. The van der Waals surface area contributed by atoms with Crippen LogP contribution in [0, 0.1) is 12.7 Å². The highest BCUT2D eigenvalue weighted by atomic mass is 32.1. The largest absolute Gasteiger partial charge is 0.495 e. The first-order valence-electron chi connectivity index (χ1n) is 5.96. The Bertz CT molecular complexity index is 658. The molecule has 0 saturated carbocycles. The summed E-state index contributed by atoms with van der Waals surface area (Å²) < 4.78 is 18.3. The molecule has 0 saturated heterocycles. The number of rotatable bonds is 3. The number of amides is 1. The number of carbonyl (C=O) groups is 1. The van der Waals surface area contributed by atoms with Crippen molar-refractivity contribution in [2.45, 2.75) is 11.8 Å². The third-order valence-corrected chi connectivity index (χ3v) is 3.15. The minimum Gasteiger partial charge on any atom is -0.495 e. The van der Waals surface area contributed by atoms with Gasteiger partial charge in [0, 0.05) is 10.5 Å². The number of halogens is 1. The maximum Gasteiger partial charge on any atom is 0.255 e. The molecule has 0 unspecified atom stereocenters. The molecule has 2 aromatic carbocycles. The monoisotopic (exact) mass is 291 g/mol. The van der Waals surface area contributed by atoms with Crippen LogP contribution in [-0.4, -0.2) is 13.0 Å². The van der Waals surface area contributed by atoms with Crippen molar-refractivity contribution in [2.75, 3.05) is 12.4 Å². The fourth-order valence-corrected chi connectivity index (χ4v) is 1.98. The molecule has 0 spiro atoms. The molecule has 3 nitrogen and oxygen atoms in total. The molecule has 0 radical (unpaired) electrons. The SMILES string of the molecule is COc1ccc(C)cc1NC(=O)c1ccc(F)c(S)c1. The molecule has 1 amide bonds. The predicted molar refractivity (Wildman–Crippen MR) is 79.3 cm³/mol.